The first-order valence-corrected chi connectivity index (χ1v) is 6.51. The molecule has 1 atom stereocenters. The van der Waals surface area contributed by atoms with Crippen LogP contribution in [0.25, 0.3) is 0 Å². The van der Waals surface area contributed by atoms with Crippen LogP contribution in [0.15, 0.2) is 34.1 Å². The van der Waals surface area contributed by atoms with E-state index in [0.717, 1.165) is 16.0 Å². The van der Waals surface area contributed by atoms with Crippen molar-refractivity contribution in [2.24, 2.45) is 5.73 Å². The zero-order chi connectivity index (χ0) is 11.7. The molecule has 0 bridgehead atoms. The second-order valence-corrected chi connectivity index (χ2v) is 5.42. The molecule has 0 saturated carbocycles. The Kier molecular flexibility index (Phi) is 3.42. The Bertz CT molecular complexity index is 509. The minimum atomic E-state index is -0.276. The number of benzene rings is 1. The predicted molar refractivity (Wildman–Crippen MR) is 69.2 cm³/mol. The summed E-state index contributed by atoms with van der Waals surface area (Å²) in [6.45, 7) is 2.01. The molecule has 1 aromatic carbocycles. The van der Waals surface area contributed by atoms with Crippen molar-refractivity contribution in [1.82, 2.24) is 0 Å². The van der Waals surface area contributed by atoms with E-state index >= 15 is 0 Å². The van der Waals surface area contributed by atoms with Crippen LogP contribution in [-0.4, -0.2) is 0 Å². The van der Waals surface area contributed by atoms with Gasteiger partial charge in [0.2, 0.25) is 0 Å². The van der Waals surface area contributed by atoms with Gasteiger partial charge in [-0.15, -0.1) is 11.3 Å². The van der Waals surface area contributed by atoms with Crippen molar-refractivity contribution in [2.45, 2.75) is 13.0 Å². The summed E-state index contributed by atoms with van der Waals surface area (Å²) in [7, 11) is 0. The van der Waals surface area contributed by atoms with Crippen molar-refractivity contribution in [2.75, 3.05) is 0 Å². The maximum absolute atomic E-state index is 13.4. The normalized spacial score (nSPS) is 12.8. The number of halogens is 2. The Morgan fingerprint density at radius 2 is 2.12 bits per heavy atom. The Morgan fingerprint density at radius 1 is 1.38 bits per heavy atom. The highest BCUT2D eigenvalue weighted by molar-refractivity contribution is 9.10. The molecule has 0 aliphatic heterocycles. The third-order valence-corrected chi connectivity index (χ3v) is 4.23. The van der Waals surface area contributed by atoms with E-state index in [9.17, 15) is 4.39 Å². The van der Waals surface area contributed by atoms with Gasteiger partial charge in [0.05, 0.1) is 10.5 Å². The first-order chi connectivity index (χ1) is 7.59. The van der Waals surface area contributed by atoms with Crippen molar-refractivity contribution in [3.63, 3.8) is 0 Å². The standard InChI is InChI=1S/C12H11BrFNS/c1-7-4-5-16-12(7)11(15)8-2-3-9(13)10(14)6-8/h2-6,11H,15H2,1H3. The van der Waals surface area contributed by atoms with E-state index in [-0.39, 0.29) is 11.9 Å². The van der Waals surface area contributed by atoms with Gasteiger partial charge >= 0.3 is 0 Å². The molecule has 2 N–H and O–H groups in total. The lowest BCUT2D eigenvalue weighted by molar-refractivity contribution is 0.617. The summed E-state index contributed by atoms with van der Waals surface area (Å²) in [5.41, 5.74) is 8.06. The van der Waals surface area contributed by atoms with Gasteiger partial charge < -0.3 is 5.73 Å². The number of hydrogen-bond donors (Lipinski definition) is 1. The molecule has 0 amide bonds. The van der Waals surface area contributed by atoms with Crippen LogP contribution in [0.4, 0.5) is 4.39 Å². The average molecular weight is 300 g/mol. The minimum absolute atomic E-state index is 0.248. The molecule has 1 aromatic heterocycles. The van der Waals surface area contributed by atoms with Crippen LogP contribution in [0.2, 0.25) is 0 Å². The smallest absolute Gasteiger partial charge is 0.137 e. The molecule has 0 radical (unpaired) electrons. The number of aryl methyl sites for hydroxylation is 1. The maximum Gasteiger partial charge on any atom is 0.137 e. The lowest BCUT2D eigenvalue weighted by Crippen LogP contribution is -2.11. The molecule has 16 heavy (non-hydrogen) atoms. The number of hydrogen-bond acceptors (Lipinski definition) is 2. The third kappa shape index (κ3) is 2.19. The Labute approximate surface area is 106 Å². The van der Waals surface area contributed by atoms with E-state index in [1.807, 2.05) is 24.4 Å². The lowest BCUT2D eigenvalue weighted by atomic mass is 10.0. The molecular weight excluding hydrogens is 289 g/mol. The van der Waals surface area contributed by atoms with Gasteiger partial charge in [-0.1, -0.05) is 6.07 Å². The Morgan fingerprint density at radius 3 is 2.69 bits per heavy atom. The van der Waals surface area contributed by atoms with E-state index in [1.165, 1.54) is 6.07 Å². The molecule has 84 valence electrons. The highest BCUT2D eigenvalue weighted by Gasteiger charge is 2.14. The molecule has 1 nitrogen and oxygen atoms in total. The second kappa shape index (κ2) is 4.65. The van der Waals surface area contributed by atoms with Gasteiger partial charge in [0, 0.05) is 4.88 Å². The molecule has 4 heteroatoms. The van der Waals surface area contributed by atoms with Crippen molar-refractivity contribution in [3.8, 4) is 0 Å². The van der Waals surface area contributed by atoms with Crippen LogP contribution in [0.3, 0.4) is 0 Å². The van der Waals surface area contributed by atoms with Gasteiger partial charge in [-0.05, 0) is 57.6 Å². The molecule has 0 aliphatic carbocycles. The minimum Gasteiger partial charge on any atom is -0.320 e. The summed E-state index contributed by atoms with van der Waals surface area (Å²) in [5.74, 6) is -0.276. The number of rotatable bonds is 2. The van der Waals surface area contributed by atoms with E-state index < -0.39 is 0 Å². The monoisotopic (exact) mass is 299 g/mol. The van der Waals surface area contributed by atoms with Gasteiger partial charge in [0.25, 0.3) is 0 Å². The predicted octanol–water partition coefficient (Wildman–Crippen LogP) is 4.01. The summed E-state index contributed by atoms with van der Waals surface area (Å²) >= 11 is 4.73. The van der Waals surface area contributed by atoms with E-state index in [1.54, 1.807) is 17.4 Å². The molecule has 0 spiro atoms. The lowest BCUT2D eigenvalue weighted by Gasteiger charge is -2.12. The van der Waals surface area contributed by atoms with Crippen LogP contribution in [0, 0.1) is 12.7 Å². The first-order valence-electron chi connectivity index (χ1n) is 4.84. The van der Waals surface area contributed by atoms with Crippen LogP contribution >= 0.6 is 27.3 Å². The quantitative estimate of drug-likeness (QED) is 0.891. The van der Waals surface area contributed by atoms with Crippen molar-refractivity contribution in [3.05, 3.63) is 55.9 Å². The van der Waals surface area contributed by atoms with Crippen molar-refractivity contribution >= 4 is 27.3 Å². The average Bonchev–Trinajstić information content (AvgIpc) is 2.67. The first kappa shape index (κ1) is 11.8. The summed E-state index contributed by atoms with van der Waals surface area (Å²) in [4.78, 5) is 1.08. The van der Waals surface area contributed by atoms with E-state index in [2.05, 4.69) is 15.9 Å². The zero-order valence-electron chi connectivity index (χ0n) is 8.71. The van der Waals surface area contributed by atoms with Crippen molar-refractivity contribution in [1.29, 1.82) is 0 Å². The van der Waals surface area contributed by atoms with Gasteiger partial charge in [-0.3, -0.25) is 0 Å². The second-order valence-electron chi connectivity index (χ2n) is 3.62. The fourth-order valence-corrected chi connectivity index (χ4v) is 2.76. The summed E-state index contributed by atoms with van der Waals surface area (Å²) in [6.07, 6.45) is 0. The zero-order valence-corrected chi connectivity index (χ0v) is 11.1. The Balaban J connectivity index is 2.38. The molecule has 0 fully saturated rings. The van der Waals surface area contributed by atoms with Crippen LogP contribution in [-0.2, 0) is 0 Å². The van der Waals surface area contributed by atoms with Gasteiger partial charge in [-0.2, -0.15) is 0 Å². The topological polar surface area (TPSA) is 26.0 Å². The van der Waals surface area contributed by atoms with Crippen LogP contribution in [0.1, 0.15) is 22.0 Å². The molecule has 2 rings (SSSR count). The summed E-state index contributed by atoms with van der Waals surface area (Å²) < 4.78 is 13.8. The van der Waals surface area contributed by atoms with Crippen LogP contribution in [0.5, 0.6) is 0 Å². The maximum atomic E-state index is 13.4. The van der Waals surface area contributed by atoms with Crippen LogP contribution < -0.4 is 5.73 Å². The van der Waals surface area contributed by atoms with Gasteiger partial charge in [-0.25, -0.2) is 4.39 Å². The fraction of sp³-hybridized carbons (Fsp3) is 0.167. The molecule has 0 saturated heterocycles. The van der Waals surface area contributed by atoms with E-state index in [0.29, 0.717) is 4.47 Å². The largest absolute Gasteiger partial charge is 0.320 e. The van der Waals surface area contributed by atoms with Crippen molar-refractivity contribution < 1.29 is 4.39 Å². The third-order valence-electron chi connectivity index (χ3n) is 2.49. The highest BCUT2D eigenvalue weighted by Crippen LogP contribution is 2.29. The highest BCUT2D eigenvalue weighted by atomic mass is 79.9. The van der Waals surface area contributed by atoms with E-state index in [4.69, 9.17) is 5.73 Å². The fourth-order valence-electron chi connectivity index (χ4n) is 1.56. The van der Waals surface area contributed by atoms with Gasteiger partial charge in [0.1, 0.15) is 5.82 Å². The SMILES string of the molecule is Cc1ccsc1C(N)c1ccc(Br)c(F)c1. The summed E-state index contributed by atoms with van der Waals surface area (Å²) in [5, 5.41) is 2.00. The molecular formula is C12H11BrFNS. The molecule has 1 heterocycles. The number of thiophene rings is 1. The number of nitrogens with two attached hydrogens (primary N) is 1. The molecule has 0 aliphatic rings. The molecule has 2 aromatic rings. The Hall–Kier alpha value is -0.710. The summed E-state index contributed by atoms with van der Waals surface area (Å²) in [6, 6.07) is 6.79. The molecule has 1 unspecified atom stereocenters. The van der Waals surface area contributed by atoms with Gasteiger partial charge in [0.15, 0.2) is 0 Å².